The molecule has 1 N–H and O–H groups in total. The summed E-state index contributed by atoms with van der Waals surface area (Å²) in [4.78, 5) is 16.7. The van der Waals surface area contributed by atoms with Crippen LogP contribution in [0.1, 0.15) is 49.2 Å². The van der Waals surface area contributed by atoms with Gasteiger partial charge in [0.1, 0.15) is 23.7 Å². The quantitative estimate of drug-likeness (QED) is 0.333. The third kappa shape index (κ3) is 5.74. The Morgan fingerprint density at radius 1 is 1.07 bits per heavy atom. The van der Waals surface area contributed by atoms with E-state index in [0.29, 0.717) is 5.75 Å². The van der Waals surface area contributed by atoms with Gasteiger partial charge in [-0.2, -0.15) is 0 Å². The van der Waals surface area contributed by atoms with Gasteiger partial charge in [-0.3, -0.25) is 0 Å². The van der Waals surface area contributed by atoms with Gasteiger partial charge in [0, 0.05) is 6.07 Å². The predicted octanol–water partition coefficient (Wildman–Crippen LogP) is 4.30. The molecular formula is C22H27NO5. The monoisotopic (exact) mass is 385 g/mol. The summed E-state index contributed by atoms with van der Waals surface area (Å²) in [7, 11) is 1.25. The zero-order valence-corrected chi connectivity index (χ0v) is 17.0. The van der Waals surface area contributed by atoms with Gasteiger partial charge in [-0.05, 0) is 35.6 Å². The zero-order chi connectivity index (χ0) is 20.7. The van der Waals surface area contributed by atoms with Crippen molar-refractivity contribution in [1.82, 2.24) is 0 Å². The van der Waals surface area contributed by atoms with Gasteiger partial charge in [-0.25, -0.2) is 4.79 Å². The molecule has 2 aromatic carbocycles. The van der Waals surface area contributed by atoms with Crippen LogP contribution in [0.2, 0.25) is 0 Å². The number of ether oxygens (including phenoxy) is 2. The maximum Gasteiger partial charge on any atom is 0.341 e. The Kier molecular flexibility index (Phi) is 7.04. The largest absolute Gasteiger partial charge is 0.507 e. The van der Waals surface area contributed by atoms with Crippen molar-refractivity contribution in [1.29, 1.82) is 0 Å². The van der Waals surface area contributed by atoms with Crippen molar-refractivity contribution in [2.24, 2.45) is 5.16 Å². The SMILES string of the molecule is COC(=O)c1ccc(OCCO/N=C(/C)c2ccc(C(C)(C)C)cc2)cc1O. The molecule has 0 saturated heterocycles. The van der Waals surface area contributed by atoms with Crippen LogP contribution in [0.15, 0.2) is 47.6 Å². The van der Waals surface area contributed by atoms with Crippen LogP contribution >= 0.6 is 0 Å². The number of nitrogens with zero attached hydrogens (tertiary/aromatic N) is 1. The first kappa shape index (κ1) is 21.3. The van der Waals surface area contributed by atoms with Crippen LogP contribution in [-0.4, -0.2) is 37.1 Å². The van der Waals surface area contributed by atoms with Crippen LogP contribution in [0.25, 0.3) is 0 Å². The molecule has 0 bridgehead atoms. The summed E-state index contributed by atoms with van der Waals surface area (Å²) in [6, 6.07) is 12.6. The summed E-state index contributed by atoms with van der Waals surface area (Å²) >= 11 is 0. The fourth-order valence-corrected chi connectivity index (χ4v) is 2.49. The molecule has 0 aliphatic heterocycles. The van der Waals surface area contributed by atoms with Crippen molar-refractivity contribution < 1.29 is 24.2 Å². The molecule has 0 fully saturated rings. The van der Waals surface area contributed by atoms with Crippen molar-refractivity contribution in [2.75, 3.05) is 20.3 Å². The molecule has 0 unspecified atom stereocenters. The van der Waals surface area contributed by atoms with Crippen LogP contribution in [0.5, 0.6) is 11.5 Å². The topological polar surface area (TPSA) is 77.4 Å². The Hall–Kier alpha value is -3.02. The van der Waals surface area contributed by atoms with E-state index in [1.54, 1.807) is 6.07 Å². The number of rotatable bonds is 7. The van der Waals surface area contributed by atoms with E-state index in [1.165, 1.54) is 24.8 Å². The lowest BCUT2D eigenvalue weighted by molar-refractivity contribution is 0.0597. The first-order valence-corrected chi connectivity index (χ1v) is 9.04. The molecule has 0 radical (unpaired) electrons. The summed E-state index contributed by atoms with van der Waals surface area (Å²) in [5, 5.41) is 13.9. The van der Waals surface area contributed by atoms with Gasteiger partial charge in [0.25, 0.3) is 0 Å². The second-order valence-electron chi connectivity index (χ2n) is 7.36. The number of phenols is 1. The third-order valence-electron chi connectivity index (χ3n) is 4.19. The molecule has 0 amide bonds. The molecule has 0 aromatic heterocycles. The van der Waals surface area contributed by atoms with E-state index < -0.39 is 5.97 Å². The molecule has 0 spiro atoms. The first-order chi connectivity index (χ1) is 13.2. The number of esters is 1. The van der Waals surface area contributed by atoms with E-state index in [-0.39, 0.29) is 29.9 Å². The predicted molar refractivity (Wildman–Crippen MR) is 108 cm³/mol. The molecule has 0 saturated carbocycles. The molecule has 150 valence electrons. The van der Waals surface area contributed by atoms with Crippen LogP contribution in [0.3, 0.4) is 0 Å². The number of phenolic OH excluding ortho intramolecular Hbond substituents is 1. The van der Waals surface area contributed by atoms with Crippen LogP contribution in [0, 0.1) is 0 Å². The van der Waals surface area contributed by atoms with Gasteiger partial charge < -0.3 is 19.4 Å². The van der Waals surface area contributed by atoms with Crippen molar-refractivity contribution in [2.45, 2.75) is 33.1 Å². The summed E-state index contributed by atoms with van der Waals surface area (Å²) in [6.07, 6.45) is 0. The number of benzene rings is 2. The fourth-order valence-electron chi connectivity index (χ4n) is 2.49. The van der Waals surface area contributed by atoms with Gasteiger partial charge in [0.15, 0.2) is 6.61 Å². The lowest BCUT2D eigenvalue weighted by atomic mass is 9.86. The number of aromatic hydroxyl groups is 1. The number of carbonyl (C=O) groups is 1. The van der Waals surface area contributed by atoms with Crippen LogP contribution in [0.4, 0.5) is 0 Å². The van der Waals surface area contributed by atoms with Crippen molar-refractivity contribution in [3.8, 4) is 11.5 Å². The molecule has 2 rings (SSSR count). The minimum Gasteiger partial charge on any atom is -0.507 e. The van der Waals surface area contributed by atoms with Gasteiger partial charge in [0.05, 0.1) is 12.8 Å². The number of hydrogen-bond acceptors (Lipinski definition) is 6. The van der Waals surface area contributed by atoms with Gasteiger partial charge in [-0.15, -0.1) is 0 Å². The van der Waals surface area contributed by atoms with E-state index in [1.807, 2.05) is 19.1 Å². The summed E-state index contributed by atoms with van der Waals surface area (Å²) < 4.78 is 10.1. The molecule has 6 heteroatoms. The molecule has 0 aliphatic carbocycles. The highest BCUT2D eigenvalue weighted by atomic mass is 16.6. The second-order valence-corrected chi connectivity index (χ2v) is 7.36. The highest BCUT2D eigenvalue weighted by molar-refractivity contribution is 5.98. The van der Waals surface area contributed by atoms with E-state index in [9.17, 15) is 9.90 Å². The highest BCUT2D eigenvalue weighted by Gasteiger charge is 2.13. The van der Waals surface area contributed by atoms with Crippen LogP contribution in [-0.2, 0) is 15.0 Å². The van der Waals surface area contributed by atoms with Gasteiger partial charge in [-0.1, -0.05) is 50.2 Å². The van der Waals surface area contributed by atoms with E-state index >= 15 is 0 Å². The number of hydrogen-bond donors (Lipinski definition) is 1. The molecule has 0 atom stereocenters. The maximum absolute atomic E-state index is 11.4. The Balaban J connectivity index is 1.83. The van der Waals surface area contributed by atoms with Gasteiger partial charge >= 0.3 is 5.97 Å². The maximum atomic E-state index is 11.4. The number of carbonyl (C=O) groups excluding carboxylic acids is 1. The molecule has 0 aliphatic rings. The summed E-state index contributed by atoms with van der Waals surface area (Å²) in [5.74, 6) is -0.377. The van der Waals surface area contributed by atoms with Crippen molar-refractivity contribution >= 4 is 11.7 Å². The minimum absolute atomic E-state index is 0.0869. The van der Waals surface area contributed by atoms with E-state index in [2.05, 4.69) is 42.8 Å². The normalized spacial score (nSPS) is 11.8. The van der Waals surface area contributed by atoms with Crippen molar-refractivity contribution in [3.05, 3.63) is 59.2 Å². The molecular weight excluding hydrogens is 358 g/mol. The fraction of sp³-hybridized carbons (Fsp3) is 0.364. The Morgan fingerprint density at radius 2 is 1.75 bits per heavy atom. The standard InChI is InChI=1S/C22H27NO5/c1-15(16-6-8-17(9-7-16)22(2,3)4)23-28-13-12-27-18-10-11-19(20(24)14-18)21(25)26-5/h6-11,14,24H,12-13H2,1-5H3/b23-15-. The molecule has 0 heterocycles. The smallest absolute Gasteiger partial charge is 0.341 e. The summed E-state index contributed by atoms with van der Waals surface area (Å²) in [6.45, 7) is 8.91. The van der Waals surface area contributed by atoms with E-state index in [4.69, 9.17) is 9.57 Å². The third-order valence-corrected chi connectivity index (χ3v) is 4.19. The molecule has 6 nitrogen and oxygen atoms in total. The Labute approximate surface area is 165 Å². The lowest BCUT2D eigenvalue weighted by Gasteiger charge is -2.19. The Morgan fingerprint density at radius 3 is 2.32 bits per heavy atom. The van der Waals surface area contributed by atoms with Crippen LogP contribution < -0.4 is 4.74 Å². The molecule has 28 heavy (non-hydrogen) atoms. The Bertz CT molecular complexity index is 835. The number of methoxy groups -OCH3 is 1. The lowest BCUT2D eigenvalue weighted by Crippen LogP contribution is -2.11. The van der Waals surface area contributed by atoms with E-state index in [0.717, 1.165) is 11.3 Å². The first-order valence-electron chi connectivity index (χ1n) is 9.04. The average molecular weight is 385 g/mol. The zero-order valence-electron chi connectivity index (χ0n) is 17.0. The number of oxime groups is 1. The summed E-state index contributed by atoms with van der Waals surface area (Å²) in [5.41, 5.74) is 3.24. The highest BCUT2D eigenvalue weighted by Crippen LogP contribution is 2.24. The van der Waals surface area contributed by atoms with Gasteiger partial charge in [0.2, 0.25) is 0 Å². The molecule has 2 aromatic rings. The van der Waals surface area contributed by atoms with Crippen molar-refractivity contribution in [3.63, 3.8) is 0 Å². The second kappa shape index (κ2) is 9.26. The minimum atomic E-state index is -0.604. The average Bonchev–Trinajstić information content (AvgIpc) is 2.66.